The lowest BCUT2D eigenvalue weighted by atomic mass is 9.72. The molecular formula is C27H29F3N2O3. The molecule has 8 heteroatoms. The van der Waals surface area contributed by atoms with E-state index in [1.54, 1.807) is 6.07 Å². The molecule has 1 aromatic heterocycles. The Balaban J connectivity index is 0.000000672. The largest absolute Gasteiger partial charge is 0.481 e. The van der Waals surface area contributed by atoms with Gasteiger partial charge in [-0.1, -0.05) is 42.5 Å². The molecule has 3 unspecified atom stereocenters. The van der Waals surface area contributed by atoms with Crippen LogP contribution in [0.1, 0.15) is 41.0 Å². The van der Waals surface area contributed by atoms with Crippen molar-refractivity contribution in [3.8, 4) is 11.6 Å². The molecule has 0 saturated heterocycles. The van der Waals surface area contributed by atoms with Crippen molar-refractivity contribution in [1.29, 1.82) is 0 Å². The van der Waals surface area contributed by atoms with Crippen LogP contribution in [-0.4, -0.2) is 43.2 Å². The van der Waals surface area contributed by atoms with Gasteiger partial charge in [-0.25, -0.2) is 4.98 Å². The first-order valence-electron chi connectivity index (χ1n) is 11.3. The molecule has 2 aromatic carbocycles. The molecule has 2 heterocycles. The number of fused-ring (bicyclic) bond motifs is 3. The lowest BCUT2D eigenvalue weighted by Crippen LogP contribution is -2.48. The van der Waals surface area contributed by atoms with Crippen molar-refractivity contribution in [3.63, 3.8) is 0 Å². The van der Waals surface area contributed by atoms with Gasteiger partial charge in [-0.2, -0.15) is 13.2 Å². The van der Waals surface area contributed by atoms with Gasteiger partial charge in [0.25, 0.3) is 0 Å². The molecule has 1 aliphatic carbocycles. The predicted molar refractivity (Wildman–Crippen MR) is 126 cm³/mol. The summed E-state index contributed by atoms with van der Waals surface area (Å²) >= 11 is 0. The smallest absolute Gasteiger partial charge is 0.416 e. The molecule has 0 amide bonds. The second-order valence-corrected chi connectivity index (χ2v) is 9.31. The lowest BCUT2D eigenvalue weighted by Gasteiger charge is -2.40. The number of aliphatic hydroxyl groups is 1. The number of hydrogen-bond acceptors (Lipinski definition) is 5. The number of hydrogen-bond donors (Lipinski definition) is 1. The van der Waals surface area contributed by atoms with E-state index in [0.29, 0.717) is 29.7 Å². The number of methoxy groups -OCH3 is 1. The molecule has 1 saturated carbocycles. The third kappa shape index (κ3) is 4.15. The number of aromatic nitrogens is 1. The maximum atomic E-state index is 13.2. The Kier molecular flexibility index (Phi) is 6.55. The summed E-state index contributed by atoms with van der Waals surface area (Å²) in [4.78, 5) is 6.23. The number of alkyl halides is 3. The molecular weight excluding hydrogens is 457 g/mol. The molecule has 0 bridgehead atoms. The molecule has 5 nitrogen and oxygen atoms in total. The fourth-order valence-corrected chi connectivity index (χ4v) is 5.21. The summed E-state index contributed by atoms with van der Waals surface area (Å²) in [5.74, 6) is 0.393. The van der Waals surface area contributed by atoms with Crippen molar-refractivity contribution in [1.82, 2.24) is 9.88 Å². The van der Waals surface area contributed by atoms with E-state index in [0.717, 1.165) is 17.7 Å². The van der Waals surface area contributed by atoms with Crippen LogP contribution >= 0.6 is 0 Å². The molecule has 1 N–H and O–H groups in total. The summed E-state index contributed by atoms with van der Waals surface area (Å²) in [7, 11) is 7.47. The number of benzene rings is 2. The second kappa shape index (κ2) is 9.17. The van der Waals surface area contributed by atoms with Crippen LogP contribution in [0.3, 0.4) is 0 Å². The van der Waals surface area contributed by atoms with Crippen LogP contribution in [0, 0.1) is 0 Å². The van der Waals surface area contributed by atoms with Gasteiger partial charge in [0, 0.05) is 12.1 Å². The molecule has 35 heavy (non-hydrogen) atoms. The summed E-state index contributed by atoms with van der Waals surface area (Å²) in [6.45, 7) is 0. The monoisotopic (exact) mass is 486 g/mol. The zero-order chi connectivity index (χ0) is 25.4. The van der Waals surface area contributed by atoms with E-state index in [-0.39, 0.29) is 11.8 Å². The van der Waals surface area contributed by atoms with Crippen molar-refractivity contribution in [3.05, 3.63) is 89.1 Å². The summed E-state index contributed by atoms with van der Waals surface area (Å²) in [6.07, 6.45) is -1.99. The molecule has 5 rings (SSSR count). The van der Waals surface area contributed by atoms with Gasteiger partial charge >= 0.3 is 6.18 Å². The summed E-state index contributed by atoms with van der Waals surface area (Å²) in [5.41, 5.74) is -1.71. The van der Waals surface area contributed by atoms with Crippen molar-refractivity contribution in [2.45, 2.75) is 36.1 Å². The summed E-state index contributed by atoms with van der Waals surface area (Å²) in [6, 6.07) is 16.1. The highest BCUT2D eigenvalue weighted by Gasteiger charge is 2.69. The van der Waals surface area contributed by atoms with Crippen LogP contribution in [0.25, 0.3) is 0 Å². The van der Waals surface area contributed by atoms with E-state index in [2.05, 4.69) is 4.98 Å². The minimum Gasteiger partial charge on any atom is -0.481 e. The van der Waals surface area contributed by atoms with Crippen LogP contribution < -0.4 is 9.47 Å². The second-order valence-electron chi connectivity index (χ2n) is 9.31. The fourth-order valence-electron chi connectivity index (χ4n) is 5.21. The summed E-state index contributed by atoms with van der Waals surface area (Å²) < 4.78 is 51.5. The number of halogens is 3. The van der Waals surface area contributed by atoms with Crippen molar-refractivity contribution in [2.75, 3.05) is 28.3 Å². The Bertz CT molecular complexity index is 1170. The quantitative estimate of drug-likeness (QED) is 0.542. The topological polar surface area (TPSA) is 54.8 Å². The highest BCUT2D eigenvalue weighted by molar-refractivity contribution is 5.56. The minimum atomic E-state index is -4.45. The Morgan fingerprint density at radius 1 is 1.03 bits per heavy atom. The van der Waals surface area contributed by atoms with E-state index >= 15 is 0 Å². The maximum absolute atomic E-state index is 13.2. The average Bonchev–Trinajstić information content (AvgIpc) is 3.26. The Morgan fingerprint density at radius 3 is 2.23 bits per heavy atom. The Hall–Kier alpha value is -3.10. The van der Waals surface area contributed by atoms with Crippen LogP contribution in [0.15, 0.2) is 66.9 Å². The lowest BCUT2D eigenvalue weighted by molar-refractivity contribution is -0.137. The molecule has 186 valence electrons. The van der Waals surface area contributed by atoms with Gasteiger partial charge in [0.2, 0.25) is 5.88 Å². The third-order valence-corrected chi connectivity index (χ3v) is 6.50. The van der Waals surface area contributed by atoms with Crippen molar-refractivity contribution >= 4 is 0 Å². The standard InChI is InChI=1S/C24H20F3NO3.C3H9N/c1-30-21-20-19(12-14-28-21)31-23(16-7-9-17(10-8-16)24(25,26)27)18(11-13-22(20,23)29)15-5-3-2-4-6-15;1-4(2)3/h2-10,12,14,18,29H,11,13H2,1H3;1-3H3. The van der Waals surface area contributed by atoms with Gasteiger partial charge in [0.1, 0.15) is 11.4 Å². The van der Waals surface area contributed by atoms with Gasteiger partial charge in [-0.3, -0.25) is 0 Å². The molecule has 2 aliphatic rings. The molecule has 3 aromatic rings. The Morgan fingerprint density at radius 2 is 1.66 bits per heavy atom. The molecule has 0 spiro atoms. The van der Waals surface area contributed by atoms with Gasteiger partial charge in [0.05, 0.1) is 18.2 Å². The van der Waals surface area contributed by atoms with Gasteiger partial charge in [-0.05, 0) is 63.3 Å². The van der Waals surface area contributed by atoms with Gasteiger partial charge in [0.15, 0.2) is 5.60 Å². The molecule has 1 aliphatic heterocycles. The number of pyridine rings is 1. The molecule has 1 fully saturated rings. The van der Waals surface area contributed by atoms with E-state index < -0.39 is 22.9 Å². The minimum absolute atomic E-state index is 0.252. The van der Waals surface area contributed by atoms with E-state index in [1.807, 2.05) is 56.4 Å². The first-order chi connectivity index (χ1) is 16.5. The Labute approximate surface area is 203 Å². The number of nitrogens with zero attached hydrogens (tertiary/aromatic N) is 2. The van der Waals surface area contributed by atoms with Gasteiger partial charge < -0.3 is 19.5 Å². The fraction of sp³-hybridized carbons (Fsp3) is 0.370. The third-order valence-electron chi connectivity index (χ3n) is 6.50. The first kappa shape index (κ1) is 25.0. The zero-order valence-electron chi connectivity index (χ0n) is 20.1. The van der Waals surface area contributed by atoms with E-state index in [4.69, 9.17) is 9.47 Å². The normalized spacial score (nSPS) is 24.8. The van der Waals surface area contributed by atoms with Crippen LogP contribution in [0.4, 0.5) is 13.2 Å². The SMILES string of the molecule is CN(C)C.COc1nccc2c1C1(O)CCC(c3ccccc3)C1(c1ccc(C(F)(F)F)cc1)O2. The van der Waals surface area contributed by atoms with Crippen LogP contribution in [-0.2, 0) is 17.4 Å². The molecule has 0 radical (unpaired) electrons. The highest BCUT2D eigenvalue weighted by Crippen LogP contribution is 2.67. The van der Waals surface area contributed by atoms with Crippen LogP contribution in [0.2, 0.25) is 0 Å². The van der Waals surface area contributed by atoms with Crippen molar-refractivity contribution in [2.24, 2.45) is 0 Å². The zero-order valence-corrected chi connectivity index (χ0v) is 20.1. The highest BCUT2D eigenvalue weighted by atomic mass is 19.4. The van der Waals surface area contributed by atoms with Crippen LogP contribution in [0.5, 0.6) is 11.6 Å². The number of rotatable bonds is 3. The molecule has 3 atom stereocenters. The summed E-state index contributed by atoms with van der Waals surface area (Å²) in [5, 5.41) is 12.1. The average molecular weight is 487 g/mol. The van der Waals surface area contributed by atoms with E-state index in [1.165, 1.54) is 25.4 Å². The van der Waals surface area contributed by atoms with E-state index in [9.17, 15) is 18.3 Å². The predicted octanol–water partition coefficient (Wildman–Crippen LogP) is 5.34. The van der Waals surface area contributed by atoms with Crippen molar-refractivity contribution < 1.29 is 27.8 Å². The maximum Gasteiger partial charge on any atom is 0.416 e. The number of ether oxygens (including phenoxy) is 2. The van der Waals surface area contributed by atoms with Gasteiger partial charge in [-0.15, -0.1) is 0 Å². The first-order valence-corrected chi connectivity index (χ1v) is 11.3.